The summed E-state index contributed by atoms with van der Waals surface area (Å²) in [6.07, 6.45) is 43.5. The van der Waals surface area contributed by atoms with Crippen molar-refractivity contribution in [2.24, 2.45) is 0 Å². The van der Waals surface area contributed by atoms with Gasteiger partial charge in [-0.05, 0) is 179 Å². The molecule has 6 aromatic heterocycles. The first kappa shape index (κ1) is 74.2. The highest BCUT2D eigenvalue weighted by Gasteiger charge is 2.45. The molecule has 1 aromatic carbocycles. The molecule has 0 amide bonds. The Bertz CT molecular complexity index is 4150. The van der Waals surface area contributed by atoms with Crippen molar-refractivity contribution in [1.82, 2.24) is 68.1 Å². The van der Waals surface area contributed by atoms with E-state index < -0.39 is 0 Å². The predicted octanol–water partition coefficient (Wildman–Crippen LogP) is 15.1. The van der Waals surface area contributed by atoms with E-state index in [1.54, 1.807) is 0 Å². The second-order valence-electron chi connectivity index (χ2n) is 34.3. The van der Waals surface area contributed by atoms with E-state index in [1.807, 2.05) is 50.6 Å². The normalized spacial score (nSPS) is 27.2. The first-order chi connectivity index (χ1) is 52.4. The lowest BCUT2D eigenvalue weighted by atomic mass is 9.75. The van der Waals surface area contributed by atoms with Crippen LogP contribution < -0.4 is 20.9 Å². The number of Topliss-reactive ketones (excluding diaryl/α,β-unsaturated/α-hetero) is 3. The molecule has 9 fully saturated rings. The molecule has 6 aliphatic heterocycles. The number of fused-ring (bicyclic) bond motifs is 12. The zero-order chi connectivity index (χ0) is 73.1. The zero-order valence-electron chi connectivity index (χ0n) is 65.3. The summed E-state index contributed by atoms with van der Waals surface area (Å²) < 4.78 is 6.98. The van der Waals surface area contributed by atoms with E-state index in [0.29, 0.717) is 43.4 Å². The topological polar surface area (TPSA) is 199 Å². The van der Waals surface area contributed by atoms with Crippen LogP contribution >= 0.6 is 0 Å². The van der Waals surface area contributed by atoms with Gasteiger partial charge in [0.05, 0.1) is 17.1 Å². The smallest absolute Gasteiger partial charge is 0.224 e. The minimum Gasteiger partial charge on any atom is -0.369 e. The monoisotopic (exact) mass is 1460 g/mol. The van der Waals surface area contributed by atoms with Gasteiger partial charge in [-0.25, -0.2) is 15.0 Å². The Balaban J connectivity index is 0.000000122. The molecule has 19 rings (SSSR count). The summed E-state index contributed by atoms with van der Waals surface area (Å²) in [4.78, 5) is 83.1. The second-order valence-corrected chi connectivity index (χ2v) is 34.3. The molecule has 21 nitrogen and oxygen atoms in total. The average Bonchev–Trinajstić information content (AvgIpc) is 1.64. The number of hydrogen-bond donors (Lipinski definition) is 3. The number of benzene rings is 1. The molecule has 6 saturated carbocycles. The Kier molecular flexibility index (Phi) is 22.9. The van der Waals surface area contributed by atoms with Gasteiger partial charge in [-0.15, -0.1) is 0 Å². The Hall–Kier alpha value is -6.91. The molecular formula is C86H124N18O3. The molecule has 12 aliphatic rings. The molecule has 6 aliphatic carbocycles. The Morgan fingerprint density at radius 1 is 0.393 bits per heavy atom. The standard InChI is InChI=1S/C31H40N6O.C27H40N6O.C26H38N6O.C2H6/c38-28-13-16-31(14-5-2-6-15-31)37-27(28)21-23-22-32-30(34-29(23)37)33-24-9-11-26(12-10-24)36-19-17-35(18-20-36)25-7-3-1-4-8-25;1-2-31-14-16-32(17-15-31)22-8-6-21(7-9-22)29-26-28-19-20-18-23-24(34)10-13-27(11-4-3-5-12-27)33(23)25(20)30-26;1-30-13-15-31(16-14-30)21-7-5-20(6-8-21)28-25-27-18-19-17-22-23(33)9-12-26(10-3-2-4-11-26)32(22)24(19)29-25;1-2/h1,3-4,7-8,21-22,24,26H,2,5-6,9-20H2,(H,32,33,34);18-19,21-22H,2-17H2,1H3,(H,28,29,30);17-18,20-21H,2-16H2,1H3,(H,27,28,29);1-2H3. The van der Waals surface area contributed by atoms with Gasteiger partial charge in [0.1, 0.15) is 16.9 Å². The fraction of sp³-hybridized carbons (Fsp3) is 0.686. The van der Waals surface area contributed by atoms with Crippen molar-refractivity contribution >= 4 is 74.0 Å². The Morgan fingerprint density at radius 2 is 0.710 bits per heavy atom. The number of carbonyl (C=O) groups is 3. The van der Waals surface area contributed by atoms with Gasteiger partial charge in [0, 0.05) is 191 Å². The molecule has 107 heavy (non-hydrogen) atoms. The van der Waals surface area contributed by atoms with Crippen LogP contribution in [0.25, 0.3) is 33.1 Å². The van der Waals surface area contributed by atoms with Crippen molar-refractivity contribution in [3.8, 4) is 0 Å². The largest absolute Gasteiger partial charge is 0.369 e. The number of anilines is 4. The minimum atomic E-state index is 0.0669. The SMILES string of the molecule is CC.CCN1CCN(C2CCC(Nc3ncc4cc5n(c4n3)C3(CCCCC3)CCC5=O)CC2)CC1.CN1CCN(C2CCC(Nc3ncc4cc5n(c4n3)C3(CCCCC3)CCC5=O)CC2)CC1.O=C1CCC2(CCCCC2)n2c1cc1cnc(NC3CCC(N4CCN(c5ccccc5)CC4)CC3)nc12. The van der Waals surface area contributed by atoms with Crippen LogP contribution in [0.15, 0.2) is 67.1 Å². The molecule has 3 saturated heterocycles. The lowest BCUT2D eigenvalue weighted by Crippen LogP contribution is -2.51. The highest BCUT2D eigenvalue weighted by Crippen LogP contribution is 2.49. The molecule has 3 spiro atoms. The molecule has 0 atom stereocenters. The molecule has 0 unspecified atom stereocenters. The number of para-hydroxylation sites is 1. The third-order valence-electron chi connectivity index (χ3n) is 28.2. The zero-order valence-corrected chi connectivity index (χ0v) is 65.3. The maximum atomic E-state index is 12.8. The van der Waals surface area contributed by atoms with Gasteiger partial charge in [0.15, 0.2) is 17.3 Å². The third-order valence-corrected chi connectivity index (χ3v) is 28.2. The van der Waals surface area contributed by atoms with Gasteiger partial charge in [-0.3, -0.25) is 29.1 Å². The van der Waals surface area contributed by atoms with Crippen molar-refractivity contribution < 1.29 is 14.4 Å². The number of nitrogens with zero attached hydrogens (tertiary/aromatic N) is 15. The van der Waals surface area contributed by atoms with E-state index in [4.69, 9.17) is 15.0 Å². The number of ketones is 3. The van der Waals surface area contributed by atoms with Crippen LogP contribution in [0.1, 0.15) is 264 Å². The van der Waals surface area contributed by atoms with Crippen LogP contribution in [0, 0.1) is 0 Å². The first-order valence-corrected chi connectivity index (χ1v) is 42.9. The van der Waals surface area contributed by atoms with Gasteiger partial charge >= 0.3 is 0 Å². The van der Waals surface area contributed by atoms with Crippen LogP contribution in [0.4, 0.5) is 23.5 Å². The Morgan fingerprint density at radius 3 is 1.04 bits per heavy atom. The molecule has 21 heteroatoms. The predicted molar refractivity (Wildman–Crippen MR) is 430 cm³/mol. The van der Waals surface area contributed by atoms with Crippen molar-refractivity contribution in [2.75, 3.05) is 113 Å². The molecule has 0 bridgehead atoms. The lowest BCUT2D eigenvalue weighted by molar-refractivity contribution is 0.0800. The van der Waals surface area contributed by atoms with E-state index >= 15 is 0 Å². The van der Waals surface area contributed by atoms with Gasteiger partial charge in [-0.2, -0.15) is 15.0 Å². The Labute approximate surface area is 635 Å². The van der Waals surface area contributed by atoms with E-state index in [1.165, 1.54) is 212 Å². The van der Waals surface area contributed by atoms with Crippen LogP contribution in [-0.2, 0) is 16.6 Å². The van der Waals surface area contributed by atoms with Gasteiger partial charge in [-0.1, -0.05) is 96.8 Å². The third kappa shape index (κ3) is 15.7. The number of carbonyl (C=O) groups excluding carboxylic acids is 3. The quantitative estimate of drug-likeness (QED) is 0.110. The number of hydrogen-bond acceptors (Lipinski definition) is 18. The van der Waals surface area contributed by atoms with Gasteiger partial charge in [0.2, 0.25) is 17.8 Å². The maximum Gasteiger partial charge on any atom is 0.224 e. The van der Waals surface area contributed by atoms with Crippen LogP contribution in [0.5, 0.6) is 0 Å². The van der Waals surface area contributed by atoms with Crippen molar-refractivity contribution in [2.45, 2.75) is 286 Å². The molecule has 0 radical (unpaired) electrons. The molecular weight excluding hydrogens is 1330 g/mol. The fourth-order valence-electron chi connectivity index (χ4n) is 22.0. The first-order valence-electron chi connectivity index (χ1n) is 42.9. The summed E-state index contributed by atoms with van der Waals surface area (Å²) in [5.41, 5.74) is 7.02. The van der Waals surface area contributed by atoms with Crippen LogP contribution in [0.2, 0.25) is 0 Å². The number of likely N-dealkylation sites (N-methyl/N-ethyl adjacent to an activating group) is 2. The number of nitrogens with one attached hydrogen (secondary N) is 3. The fourth-order valence-corrected chi connectivity index (χ4v) is 22.0. The number of rotatable bonds is 11. The summed E-state index contributed by atoms with van der Waals surface area (Å²) >= 11 is 0. The highest BCUT2D eigenvalue weighted by molar-refractivity contribution is 6.02. The summed E-state index contributed by atoms with van der Waals surface area (Å²) in [5, 5.41) is 14.0. The second kappa shape index (κ2) is 33.0. The maximum absolute atomic E-state index is 12.8. The van der Waals surface area contributed by atoms with Crippen LogP contribution in [0.3, 0.4) is 0 Å². The van der Waals surface area contributed by atoms with Gasteiger partial charge < -0.3 is 44.4 Å². The summed E-state index contributed by atoms with van der Waals surface area (Å²) in [5.74, 6) is 2.98. The van der Waals surface area contributed by atoms with E-state index in [9.17, 15) is 14.4 Å². The van der Waals surface area contributed by atoms with Crippen molar-refractivity contribution in [1.29, 1.82) is 0 Å². The van der Waals surface area contributed by atoms with Crippen molar-refractivity contribution in [3.63, 3.8) is 0 Å². The van der Waals surface area contributed by atoms with E-state index in [2.05, 4.69) is 118 Å². The molecule has 576 valence electrons. The van der Waals surface area contributed by atoms with Crippen LogP contribution in [-0.4, -0.2) is 214 Å². The number of piperazine rings is 3. The summed E-state index contributed by atoms with van der Waals surface area (Å²) in [6.45, 7) is 21.6. The summed E-state index contributed by atoms with van der Waals surface area (Å²) in [7, 11) is 2.23. The minimum absolute atomic E-state index is 0.0669. The molecule has 12 heterocycles. The van der Waals surface area contributed by atoms with E-state index in [-0.39, 0.29) is 34.0 Å². The number of aromatic nitrogens is 9. The van der Waals surface area contributed by atoms with Crippen molar-refractivity contribution in [3.05, 3.63) is 84.2 Å². The average molecular weight is 1460 g/mol. The lowest BCUT2D eigenvalue weighted by Gasteiger charge is -2.43. The van der Waals surface area contributed by atoms with E-state index in [0.717, 1.165) is 151 Å². The highest BCUT2D eigenvalue weighted by atomic mass is 16.1. The molecule has 7 aromatic rings. The summed E-state index contributed by atoms with van der Waals surface area (Å²) in [6, 6.07) is 20.4. The molecule has 3 N–H and O–H groups in total. The van der Waals surface area contributed by atoms with Gasteiger partial charge in [0.25, 0.3) is 0 Å².